The highest BCUT2D eigenvalue weighted by atomic mass is 16.5. The van der Waals surface area contributed by atoms with E-state index in [2.05, 4.69) is 32.0 Å². The van der Waals surface area contributed by atoms with E-state index >= 15 is 0 Å². The third-order valence-electron chi connectivity index (χ3n) is 6.66. The average Bonchev–Trinajstić information content (AvgIpc) is 2.88. The molecule has 4 rings (SSSR count). The zero-order chi connectivity index (χ0) is 25.7. The maximum atomic E-state index is 13.2. The van der Waals surface area contributed by atoms with E-state index in [0.29, 0.717) is 31.2 Å². The van der Waals surface area contributed by atoms with Gasteiger partial charge < -0.3 is 14.5 Å². The number of amides is 2. The minimum absolute atomic E-state index is 0.0788. The minimum atomic E-state index is -0.630. The highest BCUT2D eigenvalue weighted by Crippen LogP contribution is 2.38. The van der Waals surface area contributed by atoms with Crippen LogP contribution in [0.3, 0.4) is 0 Å². The van der Waals surface area contributed by atoms with Crippen LogP contribution in [-0.4, -0.2) is 41.3 Å². The van der Waals surface area contributed by atoms with Gasteiger partial charge in [-0.2, -0.15) is 0 Å². The fourth-order valence-corrected chi connectivity index (χ4v) is 4.90. The maximum Gasteiger partial charge on any atom is 0.263 e. The number of nitrogens with zero attached hydrogens (tertiary/aromatic N) is 2. The van der Waals surface area contributed by atoms with Crippen molar-refractivity contribution in [1.29, 1.82) is 0 Å². The summed E-state index contributed by atoms with van der Waals surface area (Å²) in [6.07, 6.45) is 0.694. The summed E-state index contributed by atoms with van der Waals surface area (Å²) >= 11 is 0. The van der Waals surface area contributed by atoms with E-state index in [4.69, 9.17) is 4.74 Å². The summed E-state index contributed by atoms with van der Waals surface area (Å²) in [7, 11) is 1.80. The molecule has 0 aromatic heterocycles. The molecule has 3 aromatic carbocycles. The summed E-state index contributed by atoms with van der Waals surface area (Å²) < 4.78 is 6.15. The van der Waals surface area contributed by atoms with Crippen LogP contribution in [0, 0.1) is 5.92 Å². The lowest BCUT2D eigenvalue weighted by Gasteiger charge is -2.38. The van der Waals surface area contributed by atoms with Gasteiger partial charge in [0.05, 0.1) is 6.04 Å². The average molecular weight is 485 g/mol. The second-order valence-corrected chi connectivity index (χ2v) is 10.0. The molecule has 5 nitrogen and oxygen atoms in total. The van der Waals surface area contributed by atoms with Gasteiger partial charge in [-0.3, -0.25) is 9.59 Å². The second kappa shape index (κ2) is 11.4. The van der Waals surface area contributed by atoms with Crippen LogP contribution in [0.4, 0.5) is 0 Å². The van der Waals surface area contributed by atoms with Crippen molar-refractivity contribution in [2.75, 3.05) is 13.6 Å². The van der Waals surface area contributed by atoms with Crippen molar-refractivity contribution in [3.8, 4) is 5.75 Å². The molecule has 1 heterocycles. The normalized spacial score (nSPS) is 15.8. The second-order valence-electron chi connectivity index (χ2n) is 10.0. The molecular formula is C31H36N2O3. The first-order valence-electron chi connectivity index (χ1n) is 12.8. The largest absolute Gasteiger partial charge is 0.481 e. The molecule has 0 unspecified atom stereocenters. The van der Waals surface area contributed by atoms with Gasteiger partial charge in [0.15, 0.2) is 6.10 Å². The fraction of sp³-hybridized carbons (Fsp3) is 0.355. The van der Waals surface area contributed by atoms with Gasteiger partial charge in [0, 0.05) is 26.6 Å². The van der Waals surface area contributed by atoms with Crippen molar-refractivity contribution in [2.24, 2.45) is 5.92 Å². The van der Waals surface area contributed by atoms with Gasteiger partial charge in [-0.1, -0.05) is 80.6 Å². The molecule has 0 N–H and O–H groups in total. The van der Waals surface area contributed by atoms with Gasteiger partial charge in [-0.05, 0) is 53.6 Å². The molecule has 2 atom stereocenters. The molecule has 188 valence electrons. The van der Waals surface area contributed by atoms with Crippen molar-refractivity contribution in [3.63, 3.8) is 0 Å². The molecule has 0 saturated heterocycles. The molecule has 1 aliphatic rings. The fourth-order valence-electron chi connectivity index (χ4n) is 4.90. The van der Waals surface area contributed by atoms with Crippen molar-refractivity contribution in [2.45, 2.75) is 52.3 Å². The Bertz CT molecular complexity index is 1180. The zero-order valence-electron chi connectivity index (χ0n) is 21.7. The van der Waals surface area contributed by atoms with E-state index in [1.54, 1.807) is 18.9 Å². The van der Waals surface area contributed by atoms with Crippen LogP contribution in [0.2, 0.25) is 0 Å². The summed E-state index contributed by atoms with van der Waals surface area (Å²) in [5.41, 5.74) is 4.44. The molecule has 2 amide bonds. The molecule has 5 heteroatoms. The third-order valence-corrected chi connectivity index (χ3v) is 6.66. The highest BCUT2D eigenvalue weighted by molar-refractivity contribution is 5.80. The van der Waals surface area contributed by atoms with E-state index in [-0.39, 0.29) is 17.9 Å². The van der Waals surface area contributed by atoms with Crippen LogP contribution in [0.1, 0.15) is 55.5 Å². The van der Waals surface area contributed by atoms with E-state index in [1.165, 1.54) is 5.56 Å². The van der Waals surface area contributed by atoms with Gasteiger partial charge in [0.2, 0.25) is 5.91 Å². The number of fused-ring (bicyclic) bond motifs is 1. The zero-order valence-corrected chi connectivity index (χ0v) is 21.7. The number of hydrogen-bond acceptors (Lipinski definition) is 3. The standard InChI is InChI=1S/C31H36N2O3/c1-22(2)19-29(34)33-18-17-25-15-16-27(20-28(25)30(33)26-13-9-6-10-14-26)36-23(3)31(35)32(4)21-24-11-7-5-8-12-24/h5-16,20,22-23,30H,17-19,21H2,1-4H3/t23-,30-/m1/s1. The van der Waals surface area contributed by atoms with Gasteiger partial charge in [0.1, 0.15) is 5.75 Å². The molecule has 0 bridgehead atoms. The molecule has 36 heavy (non-hydrogen) atoms. The minimum Gasteiger partial charge on any atom is -0.481 e. The topological polar surface area (TPSA) is 49.9 Å². The lowest BCUT2D eigenvalue weighted by molar-refractivity contribution is -0.137. The maximum absolute atomic E-state index is 13.2. The van der Waals surface area contributed by atoms with Crippen molar-refractivity contribution in [3.05, 3.63) is 101 Å². The lowest BCUT2D eigenvalue weighted by Crippen LogP contribution is -2.41. The number of rotatable bonds is 8. The summed E-state index contributed by atoms with van der Waals surface area (Å²) in [4.78, 5) is 29.9. The number of benzene rings is 3. The molecule has 3 aromatic rings. The number of hydrogen-bond donors (Lipinski definition) is 0. The summed E-state index contributed by atoms with van der Waals surface area (Å²) in [5.74, 6) is 1.03. The highest BCUT2D eigenvalue weighted by Gasteiger charge is 2.32. The Kier molecular flexibility index (Phi) is 8.09. The molecule has 0 aliphatic carbocycles. The Morgan fingerprint density at radius 2 is 1.64 bits per heavy atom. The van der Waals surface area contributed by atoms with E-state index in [9.17, 15) is 9.59 Å². The first kappa shape index (κ1) is 25.5. The molecule has 0 fully saturated rings. The number of ether oxygens (including phenoxy) is 1. The van der Waals surface area contributed by atoms with Gasteiger partial charge in [-0.25, -0.2) is 0 Å². The van der Waals surface area contributed by atoms with E-state index in [0.717, 1.165) is 23.1 Å². The predicted molar refractivity (Wildman–Crippen MR) is 143 cm³/mol. The summed E-state index contributed by atoms with van der Waals surface area (Å²) in [6, 6.07) is 26.0. The molecule has 0 spiro atoms. The first-order chi connectivity index (χ1) is 17.3. The molecule has 1 aliphatic heterocycles. The van der Waals surface area contributed by atoms with Gasteiger partial charge >= 0.3 is 0 Å². The quantitative estimate of drug-likeness (QED) is 0.416. The van der Waals surface area contributed by atoms with Crippen LogP contribution in [0.25, 0.3) is 0 Å². The van der Waals surface area contributed by atoms with Crippen LogP contribution in [0.5, 0.6) is 5.75 Å². The third kappa shape index (κ3) is 5.96. The Labute approximate surface area is 214 Å². The number of carbonyl (C=O) groups excluding carboxylic acids is 2. The van der Waals surface area contributed by atoms with Crippen LogP contribution in [-0.2, 0) is 22.6 Å². The van der Waals surface area contributed by atoms with E-state index in [1.807, 2.05) is 65.6 Å². The van der Waals surface area contributed by atoms with Gasteiger partial charge in [-0.15, -0.1) is 0 Å². The Hall–Kier alpha value is -3.60. The van der Waals surface area contributed by atoms with Crippen molar-refractivity contribution >= 4 is 11.8 Å². The number of carbonyl (C=O) groups is 2. The van der Waals surface area contributed by atoms with Crippen LogP contribution in [0.15, 0.2) is 78.9 Å². The SMILES string of the molecule is CC(C)CC(=O)N1CCc2ccc(O[C@H](C)C(=O)N(C)Cc3ccccc3)cc2[C@H]1c1ccccc1. The summed E-state index contributed by atoms with van der Waals surface area (Å²) in [6.45, 7) is 7.16. The molecule has 0 radical (unpaired) electrons. The van der Waals surface area contributed by atoms with Crippen LogP contribution >= 0.6 is 0 Å². The number of likely N-dealkylation sites (N-methyl/N-ethyl adjacent to an activating group) is 1. The Balaban J connectivity index is 1.56. The first-order valence-corrected chi connectivity index (χ1v) is 12.8. The van der Waals surface area contributed by atoms with E-state index < -0.39 is 6.10 Å². The monoisotopic (exact) mass is 484 g/mol. The van der Waals surface area contributed by atoms with Crippen LogP contribution < -0.4 is 4.74 Å². The van der Waals surface area contributed by atoms with Gasteiger partial charge in [0.25, 0.3) is 5.91 Å². The smallest absolute Gasteiger partial charge is 0.263 e. The van der Waals surface area contributed by atoms with Crippen molar-refractivity contribution in [1.82, 2.24) is 9.80 Å². The summed E-state index contributed by atoms with van der Waals surface area (Å²) in [5, 5.41) is 0. The molecule has 0 saturated carbocycles. The lowest BCUT2D eigenvalue weighted by atomic mass is 9.87. The molecular weight excluding hydrogens is 448 g/mol. The van der Waals surface area contributed by atoms with Crippen molar-refractivity contribution < 1.29 is 14.3 Å². The predicted octanol–water partition coefficient (Wildman–Crippen LogP) is 5.63. The Morgan fingerprint density at radius 3 is 2.31 bits per heavy atom. The Morgan fingerprint density at radius 1 is 0.972 bits per heavy atom.